The molecule has 0 spiro atoms. The number of anilines is 2. The summed E-state index contributed by atoms with van der Waals surface area (Å²) in [6.45, 7) is 4.09. The first-order valence-electron chi connectivity index (χ1n) is 5.57. The molecule has 0 saturated heterocycles. The number of rotatable bonds is 2. The van der Waals surface area contributed by atoms with E-state index in [0.29, 0.717) is 10.9 Å². The number of nitrogens with one attached hydrogen (secondary N) is 2. The zero-order valence-electron chi connectivity index (χ0n) is 10.3. The lowest BCUT2D eigenvalue weighted by Crippen LogP contribution is -2.20. The van der Waals surface area contributed by atoms with Crippen molar-refractivity contribution < 1.29 is 0 Å². The van der Waals surface area contributed by atoms with Gasteiger partial charge in [-0.15, -0.1) is 0 Å². The second kappa shape index (κ2) is 5.55. The minimum Gasteiger partial charge on any atom is -0.332 e. The maximum atomic E-state index is 5.25. The smallest absolute Gasteiger partial charge is 0.176 e. The van der Waals surface area contributed by atoms with Crippen molar-refractivity contribution >= 4 is 28.8 Å². The van der Waals surface area contributed by atoms with Crippen LogP contribution in [0.4, 0.5) is 11.5 Å². The third-order valence-electron chi connectivity index (χ3n) is 2.54. The largest absolute Gasteiger partial charge is 0.332 e. The van der Waals surface area contributed by atoms with Crippen LogP contribution in [0.2, 0.25) is 0 Å². The summed E-state index contributed by atoms with van der Waals surface area (Å²) in [5, 5.41) is 6.72. The highest BCUT2D eigenvalue weighted by Gasteiger charge is 2.04. The van der Waals surface area contributed by atoms with Gasteiger partial charge in [0.2, 0.25) is 0 Å². The minimum absolute atomic E-state index is 0.520. The van der Waals surface area contributed by atoms with Crippen LogP contribution in [0.25, 0.3) is 0 Å². The molecule has 4 nitrogen and oxygen atoms in total. The van der Waals surface area contributed by atoms with Gasteiger partial charge < -0.3 is 10.6 Å². The van der Waals surface area contributed by atoms with Crippen LogP contribution < -0.4 is 10.6 Å². The first-order valence-corrected chi connectivity index (χ1v) is 5.98. The Bertz CT molecular complexity index is 534. The molecule has 1 aromatic carbocycles. The zero-order chi connectivity index (χ0) is 13.0. The first-order chi connectivity index (χ1) is 8.66. The Hall–Kier alpha value is -2.01. The van der Waals surface area contributed by atoms with Crippen LogP contribution >= 0.6 is 12.2 Å². The fraction of sp³-hybridized carbons (Fsp3) is 0.154. The summed E-state index contributed by atoms with van der Waals surface area (Å²) in [6, 6.07) is 7.88. The normalized spacial score (nSPS) is 9.89. The number of nitrogens with zero attached hydrogens (tertiary/aromatic N) is 2. The van der Waals surface area contributed by atoms with Gasteiger partial charge in [0.05, 0.1) is 0 Å². The van der Waals surface area contributed by atoms with Crippen molar-refractivity contribution in [2.24, 2.45) is 0 Å². The summed E-state index contributed by atoms with van der Waals surface area (Å²) in [6.07, 6.45) is 3.14. The van der Waals surface area contributed by atoms with Gasteiger partial charge in [-0.3, -0.25) is 0 Å². The molecule has 92 valence electrons. The maximum absolute atomic E-state index is 5.25. The fourth-order valence-corrected chi connectivity index (χ4v) is 1.84. The predicted octanol–water partition coefficient (Wildman–Crippen LogP) is 2.90. The number of para-hydroxylation sites is 1. The molecule has 0 fully saturated rings. The molecule has 0 atom stereocenters. The van der Waals surface area contributed by atoms with Gasteiger partial charge in [-0.2, -0.15) is 0 Å². The molecule has 0 unspecified atom stereocenters. The Morgan fingerprint density at radius 2 is 1.83 bits per heavy atom. The Kier molecular flexibility index (Phi) is 3.84. The molecule has 2 rings (SSSR count). The van der Waals surface area contributed by atoms with Gasteiger partial charge in [-0.1, -0.05) is 18.2 Å². The van der Waals surface area contributed by atoms with Crippen LogP contribution in [-0.4, -0.2) is 15.1 Å². The van der Waals surface area contributed by atoms with Crippen LogP contribution in [-0.2, 0) is 0 Å². The number of aryl methyl sites for hydroxylation is 2. The van der Waals surface area contributed by atoms with Crippen molar-refractivity contribution in [3.63, 3.8) is 0 Å². The van der Waals surface area contributed by atoms with E-state index in [9.17, 15) is 0 Å². The molecular weight excluding hydrogens is 244 g/mol. The lowest BCUT2D eigenvalue weighted by molar-refractivity contribution is 1.17. The summed E-state index contributed by atoms with van der Waals surface area (Å²) in [7, 11) is 0. The van der Waals surface area contributed by atoms with Gasteiger partial charge >= 0.3 is 0 Å². The Labute approximate surface area is 111 Å². The van der Waals surface area contributed by atoms with Crippen LogP contribution in [0.15, 0.2) is 36.8 Å². The van der Waals surface area contributed by atoms with E-state index in [1.54, 1.807) is 12.3 Å². The van der Waals surface area contributed by atoms with E-state index in [1.807, 2.05) is 32.0 Å². The average molecular weight is 258 g/mol. The monoisotopic (exact) mass is 258 g/mol. The lowest BCUT2D eigenvalue weighted by Gasteiger charge is -2.14. The van der Waals surface area contributed by atoms with Crippen molar-refractivity contribution in [1.82, 2.24) is 9.97 Å². The molecule has 1 aromatic heterocycles. The Morgan fingerprint density at radius 1 is 1.11 bits per heavy atom. The molecule has 2 aromatic rings. The van der Waals surface area contributed by atoms with Gasteiger partial charge in [0.15, 0.2) is 5.11 Å². The van der Waals surface area contributed by atoms with E-state index in [4.69, 9.17) is 12.2 Å². The van der Waals surface area contributed by atoms with Crippen molar-refractivity contribution in [3.05, 3.63) is 47.9 Å². The van der Waals surface area contributed by atoms with Gasteiger partial charge in [0.25, 0.3) is 0 Å². The topological polar surface area (TPSA) is 49.8 Å². The second-order valence-electron chi connectivity index (χ2n) is 3.94. The van der Waals surface area contributed by atoms with Crippen LogP contribution in [0.3, 0.4) is 0 Å². The third-order valence-corrected chi connectivity index (χ3v) is 2.75. The van der Waals surface area contributed by atoms with Crippen LogP contribution in [0.5, 0.6) is 0 Å². The summed E-state index contributed by atoms with van der Waals surface area (Å²) in [5.41, 5.74) is 3.34. The van der Waals surface area contributed by atoms with Crippen molar-refractivity contribution in [1.29, 1.82) is 0 Å². The Morgan fingerprint density at radius 3 is 2.44 bits per heavy atom. The highest BCUT2D eigenvalue weighted by molar-refractivity contribution is 7.80. The van der Waals surface area contributed by atoms with Crippen LogP contribution in [0, 0.1) is 13.8 Å². The Balaban J connectivity index is 2.08. The predicted molar refractivity (Wildman–Crippen MR) is 77.8 cm³/mol. The fourth-order valence-electron chi connectivity index (χ4n) is 1.64. The highest BCUT2D eigenvalue weighted by Crippen LogP contribution is 2.19. The van der Waals surface area contributed by atoms with E-state index in [2.05, 4.69) is 20.6 Å². The molecule has 0 aliphatic heterocycles. The average Bonchev–Trinajstić information content (AvgIpc) is 2.35. The quantitative estimate of drug-likeness (QED) is 0.811. The molecule has 18 heavy (non-hydrogen) atoms. The molecule has 0 aliphatic rings. The van der Waals surface area contributed by atoms with E-state index in [0.717, 1.165) is 16.8 Å². The standard InChI is InChI=1S/C13H14N4S/c1-9-4-3-5-10(2)12(9)17-13(18)16-11-6-7-14-8-15-11/h3-8H,1-2H3,(H2,14,15,16,17,18). The highest BCUT2D eigenvalue weighted by atomic mass is 32.1. The molecule has 0 aliphatic carbocycles. The molecule has 0 saturated carbocycles. The third kappa shape index (κ3) is 3.01. The van der Waals surface area contributed by atoms with E-state index < -0.39 is 0 Å². The van der Waals surface area contributed by atoms with Gasteiger partial charge in [-0.05, 0) is 43.3 Å². The van der Waals surface area contributed by atoms with E-state index in [1.165, 1.54) is 6.33 Å². The van der Waals surface area contributed by atoms with Gasteiger partial charge in [-0.25, -0.2) is 9.97 Å². The van der Waals surface area contributed by atoms with Crippen molar-refractivity contribution in [2.75, 3.05) is 10.6 Å². The summed E-state index contributed by atoms with van der Waals surface area (Å²) in [4.78, 5) is 7.91. The van der Waals surface area contributed by atoms with Crippen molar-refractivity contribution in [2.45, 2.75) is 13.8 Å². The second-order valence-corrected chi connectivity index (χ2v) is 4.35. The van der Waals surface area contributed by atoms with Crippen LogP contribution in [0.1, 0.15) is 11.1 Å². The first kappa shape index (κ1) is 12.4. The van der Waals surface area contributed by atoms with E-state index in [-0.39, 0.29) is 0 Å². The van der Waals surface area contributed by atoms with E-state index >= 15 is 0 Å². The molecule has 0 amide bonds. The number of hydrogen-bond donors (Lipinski definition) is 2. The minimum atomic E-state index is 0.520. The number of thiocarbonyl (C=S) groups is 1. The SMILES string of the molecule is Cc1cccc(C)c1NC(=S)Nc1ccncn1. The molecule has 0 bridgehead atoms. The molecule has 1 heterocycles. The molecule has 2 N–H and O–H groups in total. The van der Waals surface area contributed by atoms with Crippen molar-refractivity contribution in [3.8, 4) is 0 Å². The van der Waals surface area contributed by atoms with Gasteiger partial charge in [0, 0.05) is 11.9 Å². The summed E-state index contributed by atoms with van der Waals surface area (Å²) in [5.74, 6) is 0.675. The van der Waals surface area contributed by atoms with Gasteiger partial charge in [0.1, 0.15) is 12.1 Å². The molecule has 5 heteroatoms. The number of aromatic nitrogens is 2. The lowest BCUT2D eigenvalue weighted by atomic mass is 10.1. The maximum Gasteiger partial charge on any atom is 0.176 e. The zero-order valence-corrected chi connectivity index (χ0v) is 11.1. The molecule has 0 radical (unpaired) electrons. The summed E-state index contributed by atoms with van der Waals surface area (Å²) >= 11 is 5.25. The summed E-state index contributed by atoms with van der Waals surface area (Å²) < 4.78 is 0. The molecular formula is C13H14N4S. The number of benzene rings is 1. The number of hydrogen-bond acceptors (Lipinski definition) is 3.